The fourth-order valence-corrected chi connectivity index (χ4v) is 7.06. The van der Waals surface area contributed by atoms with E-state index in [2.05, 4.69) is 19.2 Å². The molecule has 0 heterocycles. The molecule has 292 valence electrons. The Bertz CT molecular complexity index is 666. The number of amides is 1. The quantitative estimate of drug-likeness (QED) is 0.0441. The molecule has 0 aliphatic heterocycles. The molecule has 2 unspecified atom stereocenters. The number of aliphatic hydroxyl groups is 2. The summed E-state index contributed by atoms with van der Waals surface area (Å²) in [5.74, 6) is -0.0590. The second-order valence-corrected chi connectivity index (χ2v) is 15.5. The first-order valence-electron chi connectivity index (χ1n) is 22.4. The van der Waals surface area contributed by atoms with Crippen LogP contribution in [0, 0.1) is 0 Å². The van der Waals surface area contributed by atoms with E-state index in [1.165, 1.54) is 205 Å². The number of rotatable bonds is 41. The molecule has 0 rings (SSSR count). The summed E-state index contributed by atoms with van der Waals surface area (Å²) in [6.07, 6.45) is 51.8. The van der Waals surface area contributed by atoms with Gasteiger partial charge in [0.15, 0.2) is 0 Å². The first-order valence-corrected chi connectivity index (χ1v) is 22.4. The van der Waals surface area contributed by atoms with E-state index in [9.17, 15) is 15.0 Å². The number of nitrogens with one attached hydrogen (secondary N) is 1. The van der Waals surface area contributed by atoms with Crippen LogP contribution < -0.4 is 5.32 Å². The lowest BCUT2D eigenvalue weighted by molar-refractivity contribution is -0.123. The number of aliphatic hydroxyl groups excluding tert-OH is 2. The second-order valence-electron chi connectivity index (χ2n) is 15.5. The molecule has 4 nitrogen and oxygen atoms in total. The second kappa shape index (κ2) is 41.5. The van der Waals surface area contributed by atoms with Crippen molar-refractivity contribution in [3.63, 3.8) is 0 Å². The Morgan fingerprint density at radius 3 is 1.06 bits per heavy atom. The van der Waals surface area contributed by atoms with Crippen molar-refractivity contribution in [3.05, 3.63) is 12.2 Å². The van der Waals surface area contributed by atoms with Gasteiger partial charge in [-0.2, -0.15) is 0 Å². The fraction of sp³-hybridized carbons (Fsp3) is 0.933. The van der Waals surface area contributed by atoms with Crippen molar-refractivity contribution < 1.29 is 15.0 Å². The number of carbonyl (C=O) groups excluding carboxylic acids is 1. The SMILES string of the molecule is CCCCCCCCCCCCCCCCCC/C=C/C(O)C(CO)NC(=O)CCCCCCCCCCCCCCCCCCCCC. The summed E-state index contributed by atoms with van der Waals surface area (Å²) in [6.45, 7) is 4.33. The number of allylic oxidation sites excluding steroid dienone is 1. The van der Waals surface area contributed by atoms with Gasteiger partial charge in [-0.05, 0) is 19.3 Å². The van der Waals surface area contributed by atoms with E-state index in [-0.39, 0.29) is 12.5 Å². The van der Waals surface area contributed by atoms with Crippen molar-refractivity contribution in [3.8, 4) is 0 Å². The predicted molar refractivity (Wildman–Crippen MR) is 216 cm³/mol. The van der Waals surface area contributed by atoms with Crippen LogP contribution in [0.5, 0.6) is 0 Å². The summed E-state index contributed by atoms with van der Waals surface area (Å²) in [5, 5.41) is 23.0. The van der Waals surface area contributed by atoms with Gasteiger partial charge in [-0.15, -0.1) is 0 Å². The molecule has 49 heavy (non-hydrogen) atoms. The lowest BCUT2D eigenvalue weighted by Gasteiger charge is -2.20. The third kappa shape index (κ3) is 38.2. The summed E-state index contributed by atoms with van der Waals surface area (Å²) in [7, 11) is 0. The number of hydrogen-bond acceptors (Lipinski definition) is 3. The molecule has 0 fully saturated rings. The first-order chi connectivity index (χ1) is 24.2. The largest absolute Gasteiger partial charge is 0.394 e. The molecule has 0 aromatic heterocycles. The predicted octanol–water partition coefficient (Wildman–Crippen LogP) is 13.9. The zero-order valence-corrected chi connectivity index (χ0v) is 33.5. The van der Waals surface area contributed by atoms with Gasteiger partial charge in [-0.1, -0.05) is 238 Å². The van der Waals surface area contributed by atoms with Crippen molar-refractivity contribution in [2.75, 3.05) is 6.61 Å². The van der Waals surface area contributed by atoms with Crippen LogP contribution in [0.3, 0.4) is 0 Å². The zero-order valence-electron chi connectivity index (χ0n) is 33.5. The molecular weight excluding hydrogens is 602 g/mol. The van der Waals surface area contributed by atoms with Gasteiger partial charge in [-0.25, -0.2) is 0 Å². The molecule has 0 radical (unpaired) electrons. The summed E-state index contributed by atoms with van der Waals surface area (Å²) in [4.78, 5) is 12.4. The van der Waals surface area contributed by atoms with E-state index in [0.29, 0.717) is 6.42 Å². The van der Waals surface area contributed by atoms with Gasteiger partial charge in [0.2, 0.25) is 5.91 Å². The number of unbranched alkanes of at least 4 members (excludes halogenated alkanes) is 34. The molecule has 0 saturated carbocycles. The average molecular weight is 692 g/mol. The van der Waals surface area contributed by atoms with Crippen LogP contribution >= 0.6 is 0 Å². The highest BCUT2D eigenvalue weighted by Crippen LogP contribution is 2.16. The highest BCUT2D eigenvalue weighted by Gasteiger charge is 2.17. The Morgan fingerprint density at radius 1 is 0.469 bits per heavy atom. The van der Waals surface area contributed by atoms with Crippen LogP contribution in [0.15, 0.2) is 12.2 Å². The maximum Gasteiger partial charge on any atom is 0.220 e. The van der Waals surface area contributed by atoms with Gasteiger partial charge in [0, 0.05) is 6.42 Å². The van der Waals surface area contributed by atoms with Gasteiger partial charge < -0.3 is 15.5 Å². The Balaban J connectivity index is 3.52. The smallest absolute Gasteiger partial charge is 0.220 e. The summed E-state index contributed by atoms with van der Waals surface area (Å²) < 4.78 is 0. The van der Waals surface area contributed by atoms with Crippen LogP contribution in [0.1, 0.15) is 251 Å². The van der Waals surface area contributed by atoms with Crippen LogP contribution in [0.2, 0.25) is 0 Å². The molecule has 4 heteroatoms. The molecule has 2 atom stereocenters. The lowest BCUT2D eigenvalue weighted by atomic mass is 10.0. The monoisotopic (exact) mass is 692 g/mol. The maximum atomic E-state index is 12.4. The minimum Gasteiger partial charge on any atom is -0.394 e. The van der Waals surface area contributed by atoms with E-state index >= 15 is 0 Å². The minimum absolute atomic E-state index is 0.0590. The van der Waals surface area contributed by atoms with E-state index in [0.717, 1.165) is 25.7 Å². The van der Waals surface area contributed by atoms with Crippen molar-refractivity contribution >= 4 is 5.91 Å². The zero-order chi connectivity index (χ0) is 35.7. The molecule has 0 aliphatic rings. The number of carbonyl (C=O) groups is 1. The fourth-order valence-electron chi connectivity index (χ4n) is 7.06. The minimum atomic E-state index is -0.833. The molecule has 0 aromatic carbocycles. The number of hydrogen-bond donors (Lipinski definition) is 3. The molecule has 3 N–H and O–H groups in total. The third-order valence-electron chi connectivity index (χ3n) is 10.5. The normalized spacial score (nSPS) is 13.0. The Hall–Kier alpha value is -0.870. The molecule has 1 amide bonds. The molecular formula is C45H89NO3. The van der Waals surface area contributed by atoms with E-state index in [1.807, 2.05) is 6.08 Å². The Kier molecular flexibility index (Phi) is 40.8. The summed E-state index contributed by atoms with van der Waals surface area (Å²) in [6, 6.07) is -0.616. The van der Waals surface area contributed by atoms with Crippen LogP contribution in [-0.2, 0) is 4.79 Å². The van der Waals surface area contributed by atoms with Crippen molar-refractivity contribution in [2.24, 2.45) is 0 Å². The van der Waals surface area contributed by atoms with Gasteiger partial charge in [0.05, 0.1) is 18.8 Å². The summed E-state index contributed by atoms with van der Waals surface area (Å²) >= 11 is 0. The highest BCUT2D eigenvalue weighted by molar-refractivity contribution is 5.76. The van der Waals surface area contributed by atoms with Gasteiger partial charge >= 0.3 is 0 Å². The molecule has 0 aliphatic carbocycles. The van der Waals surface area contributed by atoms with Crippen molar-refractivity contribution in [1.82, 2.24) is 5.32 Å². The third-order valence-corrected chi connectivity index (χ3v) is 10.5. The molecule has 0 aromatic rings. The lowest BCUT2D eigenvalue weighted by Crippen LogP contribution is -2.45. The topological polar surface area (TPSA) is 69.6 Å². The van der Waals surface area contributed by atoms with Crippen LogP contribution in [-0.4, -0.2) is 34.9 Å². The molecule has 0 saturated heterocycles. The first kappa shape index (κ1) is 48.1. The maximum absolute atomic E-state index is 12.4. The van der Waals surface area contributed by atoms with Gasteiger partial charge in [0.1, 0.15) is 0 Å². The van der Waals surface area contributed by atoms with Crippen LogP contribution in [0.4, 0.5) is 0 Å². The van der Waals surface area contributed by atoms with E-state index in [4.69, 9.17) is 0 Å². The van der Waals surface area contributed by atoms with Gasteiger partial charge in [-0.3, -0.25) is 4.79 Å². The summed E-state index contributed by atoms with van der Waals surface area (Å²) in [5.41, 5.74) is 0. The standard InChI is InChI=1S/C45H89NO3/c1-3-5-7-9-11-13-15-17-19-21-23-25-27-29-31-33-35-37-39-41-45(49)46-43(42-47)44(48)40-38-36-34-32-30-28-26-24-22-20-18-16-14-12-10-8-6-4-2/h38,40,43-44,47-48H,3-37,39,41-42H2,1-2H3,(H,46,49)/b40-38+. The average Bonchev–Trinajstić information content (AvgIpc) is 3.10. The van der Waals surface area contributed by atoms with Crippen molar-refractivity contribution in [2.45, 2.75) is 264 Å². The molecule has 0 spiro atoms. The van der Waals surface area contributed by atoms with E-state index in [1.54, 1.807) is 6.08 Å². The molecule has 0 bridgehead atoms. The van der Waals surface area contributed by atoms with Crippen LogP contribution in [0.25, 0.3) is 0 Å². The van der Waals surface area contributed by atoms with E-state index < -0.39 is 12.1 Å². The Labute approximate surface area is 307 Å². The van der Waals surface area contributed by atoms with Crippen molar-refractivity contribution in [1.29, 1.82) is 0 Å². The highest BCUT2D eigenvalue weighted by atomic mass is 16.3. The van der Waals surface area contributed by atoms with Gasteiger partial charge in [0.25, 0.3) is 0 Å². The Morgan fingerprint density at radius 2 is 0.755 bits per heavy atom.